The highest BCUT2D eigenvalue weighted by atomic mass is 35.5. The fourth-order valence-corrected chi connectivity index (χ4v) is 2.32. The third-order valence-corrected chi connectivity index (χ3v) is 3.54. The predicted octanol–water partition coefficient (Wildman–Crippen LogP) is 3.92. The van der Waals surface area contributed by atoms with E-state index in [2.05, 4.69) is 15.4 Å². The van der Waals surface area contributed by atoms with E-state index in [0.717, 1.165) is 11.0 Å². The van der Waals surface area contributed by atoms with Gasteiger partial charge >= 0.3 is 0 Å². The molecule has 1 amide bonds. The minimum absolute atomic E-state index is 0.200. The Morgan fingerprint density at radius 2 is 1.95 bits per heavy atom. The first-order valence-electron chi connectivity index (χ1n) is 6.95. The summed E-state index contributed by atoms with van der Waals surface area (Å²) >= 11 is 5.82. The van der Waals surface area contributed by atoms with Gasteiger partial charge in [-0.2, -0.15) is 5.10 Å². The Hall–Kier alpha value is -2.40. The van der Waals surface area contributed by atoms with Crippen LogP contribution in [0.3, 0.4) is 0 Å². The number of hydrogen-bond donors (Lipinski definition) is 1. The fourth-order valence-electron chi connectivity index (χ4n) is 2.19. The third kappa shape index (κ3) is 2.80. The number of hydrogen-bond acceptors (Lipinski definition) is 3. The van der Waals surface area contributed by atoms with Crippen molar-refractivity contribution in [2.24, 2.45) is 0 Å². The topological polar surface area (TPSA) is 59.8 Å². The van der Waals surface area contributed by atoms with Gasteiger partial charge in [-0.1, -0.05) is 11.6 Å². The first kappa shape index (κ1) is 14.5. The molecule has 0 saturated carbocycles. The second-order valence-electron chi connectivity index (χ2n) is 5.28. The van der Waals surface area contributed by atoms with E-state index in [9.17, 15) is 4.79 Å². The van der Waals surface area contributed by atoms with Crippen LogP contribution in [0.5, 0.6) is 0 Å². The quantitative estimate of drug-likeness (QED) is 0.797. The van der Waals surface area contributed by atoms with Crippen LogP contribution in [-0.4, -0.2) is 20.7 Å². The smallest absolute Gasteiger partial charge is 0.255 e. The summed E-state index contributed by atoms with van der Waals surface area (Å²) in [6.07, 6.45) is 3.39. The first-order chi connectivity index (χ1) is 10.5. The predicted molar refractivity (Wildman–Crippen MR) is 87.3 cm³/mol. The van der Waals surface area contributed by atoms with Crippen molar-refractivity contribution in [2.75, 3.05) is 5.32 Å². The molecule has 0 unspecified atom stereocenters. The number of benzene rings is 1. The molecule has 1 N–H and O–H groups in total. The average Bonchev–Trinajstić information content (AvgIpc) is 2.91. The number of rotatable bonds is 3. The Balaban J connectivity index is 1.85. The molecule has 6 heteroatoms. The molecule has 0 aliphatic carbocycles. The molecule has 2 aromatic heterocycles. The molecular weight excluding hydrogens is 300 g/mol. The minimum Gasteiger partial charge on any atom is -0.321 e. The molecule has 2 heterocycles. The number of pyridine rings is 1. The van der Waals surface area contributed by atoms with Crippen molar-refractivity contribution in [2.45, 2.75) is 19.9 Å². The van der Waals surface area contributed by atoms with Crippen molar-refractivity contribution >= 4 is 34.2 Å². The lowest BCUT2D eigenvalue weighted by Gasteiger charge is -2.07. The molecule has 0 atom stereocenters. The monoisotopic (exact) mass is 314 g/mol. The molecule has 0 aliphatic heterocycles. The second-order valence-corrected chi connectivity index (χ2v) is 5.72. The van der Waals surface area contributed by atoms with Crippen molar-refractivity contribution < 1.29 is 4.79 Å². The molecule has 112 valence electrons. The minimum atomic E-state index is -0.200. The van der Waals surface area contributed by atoms with Crippen LogP contribution in [0.2, 0.25) is 5.02 Å². The summed E-state index contributed by atoms with van der Waals surface area (Å²) < 4.78 is 1.85. The van der Waals surface area contributed by atoms with E-state index in [-0.39, 0.29) is 11.9 Å². The number of nitrogens with zero attached hydrogens (tertiary/aromatic N) is 3. The lowest BCUT2D eigenvalue weighted by Crippen LogP contribution is -2.12. The molecule has 0 bridgehead atoms. The van der Waals surface area contributed by atoms with Gasteiger partial charge < -0.3 is 5.32 Å². The molecule has 0 spiro atoms. The molecule has 0 aliphatic rings. The molecule has 0 radical (unpaired) electrons. The number of fused-ring (bicyclic) bond motifs is 1. The Labute approximate surface area is 132 Å². The molecule has 0 fully saturated rings. The molecule has 3 aromatic rings. The lowest BCUT2D eigenvalue weighted by atomic mass is 10.2. The van der Waals surface area contributed by atoms with Gasteiger partial charge in [-0.25, -0.2) is 9.67 Å². The Morgan fingerprint density at radius 3 is 2.64 bits per heavy atom. The van der Waals surface area contributed by atoms with E-state index in [1.807, 2.05) is 24.6 Å². The van der Waals surface area contributed by atoms with Gasteiger partial charge in [-0.3, -0.25) is 4.79 Å². The maximum absolute atomic E-state index is 12.2. The van der Waals surface area contributed by atoms with E-state index in [1.54, 1.807) is 36.7 Å². The highest BCUT2D eigenvalue weighted by molar-refractivity contribution is 6.30. The molecule has 0 saturated heterocycles. The zero-order chi connectivity index (χ0) is 15.7. The zero-order valence-corrected chi connectivity index (χ0v) is 13.0. The number of halogens is 1. The first-order valence-corrected chi connectivity index (χ1v) is 7.32. The van der Waals surface area contributed by atoms with Crippen LogP contribution in [0, 0.1) is 0 Å². The largest absolute Gasteiger partial charge is 0.321 e. The van der Waals surface area contributed by atoms with Gasteiger partial charge in [0.25, 0.3) is 5.91 Å². The van der Waals surface area contributed by atoms with E-state index < -0.39 is 0 Å². The number of carbonyl (C=O) groups is 1. The molecule has 1 aromatic carbocycles. The van der Waals surface area contributed by atoms with Gasteiger partial charge in [0.15, 0.2) is 5.65 Å². The summed E-state index contributed by atoms with van der Waals surface area (Å²) in [5, 5.41) is 8.63. The van der Waals surface area contributed by atoms with Crippen LogP contribution in [-0.2, 0) is 0 Å². The van der Waals surface area contributed by atoms with Crippen molar-refractivity contribution in [1.29, 1.82) is 0 Å². The van der Waals surface area contributed by atoms with Gasteiger partial charge in [-0.05, 0) is 44.2 Å². The van der Waals surface area contributed by atoms with E-state index >= 15 is 0 Å². The fraction of sp³-hybridized carbons (Fsp3) is 0.188. The number of aromatic nitrogens is 3. The lowest BCUT2D eigenvalue weighted by molar-refractivity contribution is 0.102. The summed E-state index contributed by atoms with van der Waals surface area (Å²) in [5.74, 6) is -0.200. The second kappa shape index (κ2) is 5.77. The maximum Gasteiger partial charge on any atom is 0.255 e. The Morgan fingerprint density at radius 1 is 1.23 bits per heavy atom. The highest BCUT2D eigenvalue weighted by Crippen LogP contribution is 2.19. The van der Waals surface area contributed by atoms with E-state index in [4.69, 9.17) is 11.6 Å². The van der Waals surface area contributed by atoms with Gasteiger partial charge in [0, 0.05) is 22.0 Å². The molecular formula is C16H15ClN4O. The maximum atomic E-state index is 12.2. The van der Waals surface area contributed by atoms with Crippen LogP contribution >= 0.6 is 11.6 Å². The summed E-state index contributed by atoms with van der Waals surface area (Å²) in [5.41, 5.74) is 1.98. The van der Waals surface area contributed by atoms with E-state index in [0.29, 0.717) is 16.3 Å². The standard InChI is InChI=1S/C16H15ClN4O/c1-10(2)21-15-12(8-19-21)7-14(9-18-15)20-16(22)11-3-5-13(17)6-4-11/h3-10H,1-2H3,(H,20,22). The SMILES string of the molecule is CC(C)n1ncc2cc(NC(=O)c3ccc(Cl)cc3)cnc21. The van der Waals surface area contributed by atoms with Gasteiger partial charge in [-0.15, -0.1) is 0 Å². The van der Waals surface area contributed by atoms with Crippen LogP contribution in [0.1, 0.15) is 30.2 Å². The van der Waals surface area contributed by atoms with Gasteiger partial charge in [0.05, 0.1) is 18.1 Å². The number of anilines is 1. The number of amides is 1. The van der Waals surface area contributed by atoms with Crippen molar-refractivity contribution in [3.8, 4) is 0 Å². The summed E-state index contributed by atoms with van der Waals surface area (Å²) in [6.45, 7) is 4.09. The zero-order valence-electron chi connectivity index (χ0n) is 12.2. The van der Waals surface area contributed by atoms with Crippen LogP contribution in [0.15, 0.2) is 42.7 Å². The summed E-state index contributed by atoms with van der Waals surface area (Å²) in [7, 11) is 0. The summed E-state index contributed by atoms with van der Waals surface area (Å²) in [4.78, 5) is 16.6. The van der Waals surface area contributed by atoms with Gasteiger partial charge in [0.1, 0.15) is 0 Å². The van der Waals surface area contributed by atoms with Crippen LogP contribution in [0.25, 0.3) is 11.0 Å². The number of carbonyl (C=O) groups excluding carboxylic acids is 1. The van der Waals surface area contributed by atoms with Gasteiger partial charge in [0.2, 0.25) is 0 Å². The molecule has 22 heavy (non-hydrogen) atoms. The third-order valence-electron chi connectivity index (χ3n) is 3.29. The van der Waals surface area contributed by atoms with Crippen molar-refractivity contribution in [3.63, 3.8) is 0 Å². The Bertz CT molecular complexity index is 824. The molecule has 5 nitrogen and oxygen atoms in total. The number of nitrogens with one attached hydrogen (secondary N) is 1. The van der Waals surface area contributed by atoms with Crippen molar-refractivity contribution in [3.05, 3.63) is 53.3 Å². The Kier molecular flexibility index (Phi) is 3.81. The van der Waals surface area contributed by atoms with Crippen LogP contribution in [0.4, 0.5) is 5.69 Å². The average molecular weight is 315 g/mol. The highest BCUT2D eigenvalue weighted by Gasteiger charge is 2.10. The summed E-state index contributed by atoms with van der Waals surface area (Å²) in [6, 6.07) is 8.83. The van der Waals surface area contributed by atoms with Crippen molar-refractivity contribution in [1.82, 2.24) is 14.8 Å². The van der Waals surface area contributed by atoms with E-state index in [1.165, 1.54) is 0 Å². The normalized spacial score (nSPS) is 11.1. The van der Waals surface area contributed by atoms with Crippen LogP contribution < -0.4 is 5.32 Å². The molecule has 3 rings (SSSR count).